The molecule has 1 N–H and O–H groups in total. The Morgan fingerprint density at radius 1 is 1.44 bits per heavy atom. The first-order chi connectivity index (χ1) is 7.47. The van der Waals surface area contributed by atoms with Crippen molar-refractivity contribution in [3.05, 3.63) is 28.3 Å². The van der Waals surface area contributed by atoms with Gasteiger partial charge in [-0.2, -0.15) is 0 Å². The number of carbonyl (C=O) groups excluding carboxylic acids is 2. The lowest BCUT2D eigenvalue weighted by atomic mass is 10.1. The van der Waals surface area contributed by atoms with Gasteiger partial charge >= 0.3 is 5.97 Å². The van der Waals surface area contributed by atoms with E-state index in [2.05, 4.69) is 4.74 Å². The molecule has 0 aliphatic carbocycles. The summed E-state index contributed by atoms with van der Waals surface area (Å²) in [5.74, 6) is -2.06. The molecule has 16 heavy (non-hydrogen) atoms. The first-order valence-electron chi connectivity index (χ1n) is 4.68. The SMILES string of the molecule is CCOC(=O)C(=O)c1cc(C)cc(O)c1Cl. The fourth-order valence-electron chi connectivity index (χ4n) is 1.22. The maximum Gasteiger partial charge on any atom is 0.379 e. The Bertz CT molecular complexity index is 440. The minimum atomic E-state index is -0.977. The molecule has 0 atom stereocenters. The van der Waals surface area contributed by atoms with Crippen molar-refractivity contribution in [2.75, 3.05) is 6.61 Å². The molecule has 0 fully saturated rings. The number of benzene rings is 1. The highest BCUT2D eigenvalue weighted by Gasteiger charge is 2.22. The number of esters is 1. The molecule has 0 amide bonds. The average molecular weight is 243 g/mol. The summed E-state index contributed by atoms with van der Waals surface area (Å²) in [7, 11) is 0. The van der Waals surface area contributed by atoms with Crippen molar-refractivity contribution in [1.82, 2.24) is 0 Å². The fraction of sp³-hybridized carbons (Fsp3) is 0.273. The van der Waals surface area contributed by atoms with Gasteiger partial charge in [-0.1, -0.05) is 11.6 Å². The lowest BCUT2D eigenvalue weighted by Gasteiger charge is -2.06. The standard InChI is InChI=1S/C11H11ClO4/c1-3-16-11(15)10(14)7-4-6(2)5-8(13)9(7)12/h4-5,13H,3H2,1-2H3. The molecular formula is C11H11ClO4. The predicted octanol–water partition coefficient (Wildman–Crippen LogP) is 2.10. The van der Waals surface area contributed by atoms with Crippen molar-refractivity contribution in [2.24, 2.45) is 0 Å². The van der Waals surface area contributed by atoms with E-state index in [4.69, 9.17) is 11.6 Å². The molecule has 4 nitrogen and oxygen atoms in total. The summed E-state index contributed by atoms with van der Waals surface area (Å²) in [4.78, 5) is 22.8. The maximum absolute atomic E-state index is 11.6. The molecule has 0 radical (unpaired) electrons. The second-order valence-corrected chi connectivity index (χ2v) is 3.57. The zero-order chi connectivity index (χ0) is 12.3. The van der Waals surface area contributed by atoms with Crippen LogP contribution in [0.1, 0.15) is 22.8 Å². The number of hydrogen-bond donors (Lipinski definition) is 1. The number of halogens is 1. The summed E-state index contributed by atoms with van der Waals surface area (Å²) in [5, 5.41) is 9.27. The number of aryl methyl sites for hydroxylation is 1. The van der Waals surface area contributed by atoms with Gasteiger partial charge in [0.25, 0.3) is 5.78 Å². The summed E-state index contributed by atoms with van der Waals surface area (Å²) in [6.07, 6.45) is 0. The largest absolute Gasteiger partial charge is 0.506 e. The quantitative estimate of drug-likeness (QED) is 0.501. The molecule has 1 aromatic rings. The smallest absolute Gasteiger partial charge is 0.379 e. The van der Waals surface area contributed by atoms with E-state index in [1.165, 1.54) is 12.1 Å². The van der Waals surface area contributed by atoms with Gasteiger partial charge in [-0.05, 0) is 31.5 Å². The second kappa shape index (κ2) is 4.99. The van der Waals surface area contributed by atoms with Crippen LogP contribution in [0.25, 0.3) is 0 Å². The van der Waals surface area contributed by atoms with Crippen LogP contribution in [0.3, 0.4) is 0 Å². The Morgan fingerprint density at radius 3 is 2.62 bits per heavy atom. The zero-order valence-electron chi connectivity index (χ0n) is 8.91. The van der Waals surface area contributed by atoms with Crippen LogP contribution in [0, 0.1) is 6.92 Å². The van der Waals surface area contributed by atoms with Crippen molar-refractivity contribution >= 4 is 23.4 Å². The van der Waals surface area contributed by atoms with Crippen LogP contribution in [0.15, 0.2) is 12.1 Å². The van der Waals surface area contributed by atoms with Crippen molar-refractivity contribution < 1.29 is 19.4 Å². The number of Topliss-reactive ketones (excluding diaryl/α,β-unsaturated/α-hetero) is 1. The molecule has 0 heterocycles. The molecule has 0 aromatic heterocycles. The Kier molecular flexibility index (Phi) is 3.90. The van der Waals surface area contributed by atoms with Gasteiger partial charge in [-0.15, -0.1) is 0 Å². The number of aromatic hydroxyl groups is 1. The molecule has 0 unspecified atom stereocenters. The highest BCUT2D eigenvalue weighted by atomic mass is 35.5. The number of carbonyl (C=O) groups is 2. The summed E-state index contributed by atoms with van der Waals surface area (Å²) in [6, 6.07) is 2.84. The Labute approximate surface area is 97.8 Å². The topological polar surface area (TPSA) is 63.6 Å². The molecule has 1 aromatic carbocycles. The van der Waals surface area contributed by atoms with E-state index < -0.39 is 11.8 Å². The van der Waals surface area contributed by atoms with Crippen LogP contribution in [0.5, 0.6) is 5.75 Å². The third-order valence-electron chi connectivity index (χ3n) is 1.90. The molecule has 0 aliphatic heterocycles. The number of phenols is 1. The number of ketones is 1. The van der Waals surface area contributed by atoms with E-state index >= 15 is 0 Å². The van der Waals surface area contributed by atoms with Gasteiger partial charge in [0, 0.05) is 0 Å². The van der Waals surface area contributed by atoms with Crippen molar-refractivity contribution in [1.29, 1.82) is 0 Å². The first kappa shape index (κ1) is 12.5. The highest BCUT2D eigenvalue weighted by molar-refractivity contribution is 6.46. The normalized spacial score (nSPS) is 9.94. The van der Waals surface area contributed by atoms with Crippen LogP contribution in [0.2, 0.25) is 5.02 Å². The van der Waals surface area contributed by atoms with E-state index in [0.717, 1.165) is 0 Å². The van der Waals surface area contributed by atoms with E-state index in [1.807, 2.05) is 0 Å². The van der Waals surface area contributed by atoms with E-state index in [0.29, 0.717) is 5.56 Å². The number of hydrogen-bond acceptors (Lipinski definition) is 4. The number of ether oxygens (including phenoxy) is 1. The third kappa shape index (κ3) is 2.52. The van der Waals surface area contributed by atoms with Crippen molar-refractivity contribution in [2.45, 2.75) is 13.8 Å². The molecule has 86 valence electrons. The zero-order valence-corrected chi connectivity index (χ0v) is 9.67. The Morgan fingerprint density at radius 2 is 2.06 bits per heavy atom. The molecule has 0 aliphatic rings. The minimum absolute atomic E-state index is 0.0439. The summed E-state index contributed by atoms with van der Waals surface area (Å²) >= 11 is 5.73. The number of rotatable bonds is 3. The average Bonchev–Trinajstić information content (AvgIpc) is 2.22. The van der Waals surface area contributed by atoms with Gasteiger partial charge in [-0.25, -0.2) is 4.79 Å². The van der Waals surface area contributed by atoms with E-state index in [1.54, 1.807) is 13.8 Å². The predicted molar refractivity (Wildman–Crippen MR) is 58.8 cm³/mol. The van der Waals surface area contributed by atoms with Crippen LogP contribution < -0.4 is 0 Å². The van der Waals surface area contributed by atoms with Crippen LogP contribution in [0.4, 0.5) is 0 Å². The van der Waals surface area contributed by atoms with Gasteiger partial charge in [0.05, 0.1) is 17.2 Å². The van der Waals surface area contributed by atoms with Gasteiger partial charge < -0.3 is 9.84 Å². The second-order valence-electron chi connectivity index (χ2n) is 3.20. The van der Waals surface area contributed by atoms with Crippen LogP contribution in [-0.4, -0.2) is 23.5 Å². The maximum atomic E-state index is 11.6. The lowest BCUT2D eigenvalue weighted by molar-refractivity contribution is -0.137. The Balaban J connectivity index is 3.13. The summed E-state index contributed by atoms with van der Waals surface area (Å²) < 4.78 is 4.56. The molecule has 0 bridgehead atoms. The third-order valence-corrected chi connectivity index (χ3v) is 2.30. The van der Waals surface area contributed by atoms with Crippen LogP contribution >= 0.6 is 11.6 Å². The molecular weight excluding hydrogens is 232 g/mol. The van der Waals surface area contributed by atoms with Gasteiger partial charge in [0.15, 0.2) is 0 Å². The molecule has 1 rings (SSSR count). The number of phenolic OH excluding ortho intramolecular Hbond substituents is 1. The summed E-state index contributed by atoms with van der Waals surface area (Å²) in [5.41, 5.74) is 0.590. The molecule has 0 saturated heterocycles. The molecule has 0 saturated carbocycles. The summed E-state index contributed by atoms with van der Waals surface area (Å²) in [6.45, 7) is 3.39. The minimum Gasteiger partial charge on any atom is -0.506 e. The van der Waals surface area contributed by atoms with Crippen molar-refractivity contribution in [3.63, 3.8) is 0 Å². The van der Waals surface area contributed by atoms with E-state index in [9.17, 15) is 14.7 Å². The van der Waals surface area contributed by atoms with E-state index in [-0.39, 0.29) is 22.9 Å². The van der Waals surface area contributed by atoms with Gasteiger partial charge in [0.2, 0.25) is 0 Å². The lowest BCUT2D eigenvalue weighted by Crippen LogP contribution is -2.18. The van der Waals surface area contributed by atoms with Crippen LogP contribution in [-0.2, 0) is 9.53 Å². The Hall–Kier alpha value is -1.55. The highest BCUT2D eigenvalue weighted by Crippen LogP contribution is 2.29. The fourth-order valence-corrected chi connectivity index (χ4v) is 1.42. The molecule has 0 spiro atoms. The van der Waals surface area contributed by atoms with Crippen molar-refractivity contribution in [3.8, 4) is 5.75 Å². The first-order valence-corrected chi connectivity index (χ1v) is 5.05. The van der Waals surface area contributed by atoms with Gasteiger partial charge in [0.1, 0.15) is 5.75 Å². The monoisotopic (exact) mass is 242 g/mol. The van der Waals surface area contributed by atoms with Gasteiger partial charge in [-0.3, -0.25) is 4.79 Å². The molecule has 5 heteroatoms.